The fourth-order valence-corrected chi connectivity index (χ4v) is 5.25. The number of carboxylic acids is 1. The molecule has 42 heavy (non-hydrogen) atoms. The van der Waals surface area contributed by atoms with Crippen molar-refractivity contribution in [2.24, 2.45) is 0 Å². The molecule has 208 valence electrons. The number of rotatable bonds is 7. The molecule has 0 spiro atoms. The van der Waals surface area contributed by atoms with Crippen LogP contribution in [0.3, 0.4) is 0 Å². The number of pyridine rings is 1. The SMILES string of the molecule is C[C@@H](c1ccc2ccccc2c1)c1nnn2cc(-c3cccc(F)c3)cc(C(=O)N[C@@H](C)c3ccc(C(=O)O)cc3)c12. The summed E-state index contributed by atoms with van der Waals surface area (Å²) in [5.41, 5.74) is 4.70. The first-order valence-corrected chi connectivity index (χ1v) is 13.6. The summed E-state index contributed by atoms with van der Waals surface area (Å²) in [7, 11) is 0. The van der Waals surface area contributed by atoms with Crippen LogP contribution in [0.15, 0.2) is 103 Å². The topological polar surface area (TPSA) is 96.6 Å². The summed E-state index contributed by atoms with van der Waals surface area (Å²) in [5.74, 6) is -1.95. The summed E-state index contributed by atoms with van der Waals surface area (Å²) in [6, 6.07) is 28.2. The molecule has 0 radical (unpaired) electrons. The summed E-state index contributed by atoms with van der Waals surface area (Å²) in [5, 5.41) is 23.4. The van der Waals surface area contributed by atoms with Crippen molar-refractivity contribution < 1.29 is 19.1 Å². The molecule has 8 heteroatoms. The number of nitrogens with one attached hydrogen (secondary N) is 1. The number of aromatic carboxylic acids is 1. The van der Waals surface area contributed by atoms with Gasteiger partial charge in [0.2, 0.25) is 0 Å². The number of fused-ring (bicyclic) bond motifs is 2. The highest BCUT2D eigenvalue weighted by atomic mass is 19.1. The minimum atomic E-state index is -1.02. The Morgan fingerprint density at radius 2 is 1.57 bits per heavy atom. The molecule has 0 aliphatic rings. The molecule has 0 unspecified atom stereocenters. The molecule has 0 saturated carbocycles. The van der Waals surface area contributed by atoms with E-state index in [1.807, 2.05) is 26.0 Å². The molecule has 0 fully saturated rings. The highest BCUT2D eigenvalue weighted by Crippen LogP contribution is 2.32. The van der Waals surface area contributed by atoms with E-state index in [2.05, 4.69) is 46.0 Å². The van der Waals surface area contributed by atoms with Crippen molar-refractivity contribution in [1.82, 2.24) is 20.1 Å². The summed E-state index contributed by atoms with van der Waals surface area (Å²) >= 11 is 0. The summed E-state index contributed by atoms with van der Waals surface area (Å²) in [4.78, 5) is 25.2. The van der Waals surface area contributed by atoms with Crippen LogP contribution in [-0.2, 0) is 0 Å². The van der Waals surface area contributed by atoms with E-state index < -0.39 is 12.0 Å². The van der Waals surface area contributed by atoms with Crippen LogP contribution in [0.5, 0.6) is 0 Å². The van der Waals surface area contributed by atoms with E-state index in [0.29, 0.717) is 27.9 Å². The Balaban J connectivity index is 1.43. The van der Waals surface area contributed by atoms with Crippen molar-refractivity contribution >= 4 is 28.2 Å². The zero-order valence-electron chi connectivity index (χ0n) is 23.0. The van der Waals surface area contributed by atoms with Crippen LogP contribution in [0.1, 0.15) is 63.3 Å². The number of carbonyl (C=O) groups is 2. The number of halogens is 1. The third-order valence-corrected chi connectivity index (χ3v) is 7.63. The first-order chi connectivity index (χ1) is 20.3. The molecule has 6 rings (SSSR count). The van der Waals surface area contributed by atoms with Gasteiger partial charge in [0.05, 0.1) is 22.9 Å². The third kappa shape index (κ3) is 5.10. The lowest BCUT2D eigenvalue weighted by Crippen LogP contribution is -2.27. The lowest BCUT2D eigenvalue weighted by molar-refractivity contribution is 0.0696. The Bertz CT molecular complexity index is 1970. The highest BCUT2D eigenvalue weighted by molar-refractivity contribution is 6.03. The summed E-state index contributed by atoms with van der Waals surface area (Å²) in [6.07, 6.45) is 1.75. The molecule has 2 atom stereocenters. The van der Waals surface area contributed by atoms with E-state index in [-0.39, 0.29) is 23.2 Å². The van der Waals surface area contributed by atoms with E-state index in [0.717, 1.165) is 21.9 Å². The van der Waals surface area contributed by atoms with Crippen LogP contribution in [0.25, 0.3) is 27.4 Å². The maximum absolute atomic E-state index is 14.1. The molecule has 0 bridgehead atoms. The normalized spacial score (nSPS) is 12.7. The Labute approximate surface area is 241 Å². The van der Waals surface area contributed by atoms with Gasteiger partial charge in [0, 0.05) is 17.7 Å². The van der Waals surface area contributed by atoms with Crippen molar-refractivity contribution in [2.75, 3.05) is 0 Å². The lowest BCUT2D eigenvalue weighted by Gasteiger charge is -2.17. The lowest BCUT2D eigenvalue weighted by atomic mass is 9.93. The maximum atomic E-state index is 14.1. The molecular weight excluding hydrogens is 531 g/mol. The van der Waals surface area contributed by atoms with Crippen LogP contribution in [-0.4, -0.2) is 31.8 Å². The van der Waals surface area contributed by atoms with Gasteiger partial charge in [-0.3, -0.25) is 4.79 Å². The third-order valence-electron chi connectivity index (χ3n) is 7.63. The minimum Gasteiger partial charge on any atom is -0.478 e. The Kier molecular flexibility index (Phi) is 6.96. The van der Waals surface area contributed by atoms with Crippen molar-refractivity contribution in [3.8, 4) is 11.1 Å². The van der Waals surface area contributed by atoms with Gasteiger partial charge in [-0.1, -0.05) is 78.9 Å². The van der Waals surface area contributed by atoms with Gasteiger partial charge in [-0.25, -0.2) is 13.7 Å². The average molecular weight is 559 g/mol. The standard InChI is InChI=1S/C34H27FN4O3/c1-20(25-15-12-23-6-3-4-7-26(23)16-25)31-32-30(33(40)36-21(2)22-10-13-24(14-11-22)34(41)42)18-28(19-39(32)38-37-31)27-8-5-9-29(35)17-27/h3-21H,1-2H3,(H,36,40)(H,41,42)/t20-,21-/m0/s1. The number of nitrogens with zero attached hydrogens (tertiary/aromatic N) is 3. The van der Waals surface area contributed by atoms with Gasteiger partial charge in [-0.2, -0.15) is 0 Å². The molecule has 7 nitrogen and oxygen atoms in total. The monoisotopic (exact) mass is 558 g/mol. The minimum absolute atomic E-state index is 0.166. The van der Waals surface area contributed by atoms with Crippen molar-refractivity contribution in [3.05, 3.63) is 137 Å². The van der Waals surface area contributed by atoms with E-state index in [1.165, 1.54) is 24.3 Å². The van der Waals surface area contributed by atoms with E-state index in [4.69, 9.17) is 0 Å². The van der Waals surface area contributed by atoms with Gasteiger partial charge in [-0.05, 0) is 64.7 Å². The summed E-state index contributed by atoms with van der Waals surface area (Å²) < 4.78 is 15.7. The maximum Gasteiger partial charge on any atom is 0.335 e. The Hall–Kier alpha value is -5.37. The van der Waals surface area contributed by atoms with E-state index in [9.17, 15) is 19.1 Å². The zero-order valence-corrected chi connectivity index (χ0v) is 23.0. The Morgan fingerprint density at radius 1 is 0.833 bits per heavy atom. The highest BCUT2D eigenvalue weighted by Gasteiger charge is 2.24. The second-order valence-electron chi connectivity index (χ2n) is 10.4. The summed E-state index contributed by atoms with van der Waals surface area (Å²) in [6.45, 7) is 3.86. The van der Waals surface area contributed by atoms with Gasteiger partial charge in [0.25, 0.3) is 5.91 Å². The van der Waals surface area contributed by atoms with Crippen LogP contribution >= 0.6 is 0 Å². The van der Waals surface area contributed by atoms with Crippen LogP contribution in [0.4, 0.5) is 4.39 Å². The number of aromatic nitrogens is 3. The first-order valence-electron chi connectivity index (χ1n) is 13.6. The number of carboxylic acid groups (broad SMARTS) is 1. The molecular formula is C34H27FN4O3. The van der Waals surface area contributed by atoms with Gasteiger partial charge >= 0.3 is 5.97 Å². The zero-order chi connectivity index (χ0) is 29.4. The molecule has 4 aromatic carbocycles. The van der Waals surface area contributed by atoms with Crippen LogP contribution in [0, 0.1) is 5.82 Å². The second-order valence-corrected chi connectivity index (χ2v) is 10.4. The van der Waals surface area contributed by atoms with Gasteiger partial charge in [0.15, 0.2) is 0 Å². The molecule has 2 aromatic heterocycles. The quantitative estimate of drug-likeness (QED) is 0.219. The van der Waals surface area contributed by atoms with Gasteiger partial charge < -0.3 is 10.4 Å². The largest absolute Gasteiger partial charge is 0.478 e. The van der Waals surface area contributed by atoms with Gasteiger partial charge in [-0.15, -0.1) is 5.10 Å². The fourth-order valence-electron chi connectivity index (χ4n) is 5.25. The van der Waals surface area contributed by atoms with Crippen molar-refractivity contribution in [2.45, 2.75) is 25.8 Å². The van der Waals surface area contributed by atoms with E-state index in [1.54, 1.807) is 41.0 Å². The number of hydrogen-bond donors (Lipinski definition) is 2. The van der Waals surface area contributed by atoms with E-state index >= 15 is 0 Å². The van der Waals surface area contributed by atoms with Crippen molar-refractivity contribution in [3.63, 3.8) is 0 Å². The molecule has 6 aromatic rings. The van der Waals surface area contributed by atoms with Gasteiger partial charge in [0.1, 0.15) is 11.3 Å². The van der Waals surface area contributed by atoms with Crippen molar-refractivity contribution in [1.29, 1.82) is 0 Å². The average Bonchev–Trinajstić information content (AvgIpc) is 3.44. The molecule has 0 aliphatic carbocycles. The Morgan fingerprint density at radius 3 is 2.31 bits per heavy atom. The second kappa shape index (κ2) is 10.9. The molecule has 0 saturated heterocycles. The molecule has 2 N–H and O–H groups in total. The number of hydrogen-bond acceptors (Lipinski definition) is 4. The number of benzene rings is 4. The molecule has 2 heterocycles. The first kappa shape index (κ1) is 26.8. The number of amides is 1. The number of carbonyl (C=O) groups excluding carboxylic acids is 1. The van der Waals surface area contributed by atoms with Crippen LogP contribution < -0.4 is 5.32 Å². The molecule has 1 amide bonds. The fraction of sp³-hybridized carbons (Fsp3) is 0.118. The predicted molar refractivity (Wildman–Crippen MR) is 159 cm³/mol. The van der Waals surface area contributed by atoms with Crippen LogP contribution in [0.2, 0.25) is 0 Å². The molecule has 0 aliphatic heterocycles. The smallest absolute Gasteiger partial charge is 0.335 e. The predicted octanol–water partition coefficient (Wildman–Crippen LogP) is 7.03.